The summed E-state index contributed by atoms with van der Waals surface area (Å²) in [5.74, 6) is -0.317. The average molecular weight is 402 g/mol. The van der Waals surface area contributed by atoms with Crippen molar-refractivity contribution in [3.63, 3.8) is 0 Å². The number of aliphatic hydroxyl groups excluding tert-OH is 1. The molecule has 1 aromatic carbocycles. The fourth-order valence-electron chi connectivity index (χ4n) is 3.23. The molecule has 0 unspecified atom stereocenters. The Bertz CT molecular complexity index is 769. The lowest BCUT2D eigenvalue weighted by atomic mass is 10.1. The zero-order chi connectivity index (χ0) is 19.9. The summed E-state index contributed by atoms with van der Waals surface area (Å²) in [5.41, 5.74) is 2.26. The first kappa shape index (κ1) is 20.5. The third kappa shape index (κ3) is 5.89. The van der Waals surface area contributed by atoms with Crippen molar-refractivity contribution in [2.75, 3.05) is 26.7 Å². The molecule has 1 aliphatic rings. The van der Waals surface area contributed by atoms with Crippen molar-refractivity contribution in [3.05, 3.63) is 57.8 Å². The van der Waals surface area contributed by atoms with Gasteiger partial charge in [0.05, 0.1) is 17.5 Å². The second kappa shape index (κ2) is 9.82. The smallest absolute Gasteiger partial charge is 0.264 e. The van der Waals surface area contributed by atoms with Crippen molar-refractivity contribution in [2.24, 2.45) is 0 Å². The Hall–Kier alpha value is -2.22. The molecular formula is C21H27N3O3S. The van der Waals surface area contributed by atoms with Crippen LogP contribution in [-0.2, 0) is 17.9 Å². The van der Waals surface area contributed by atoms with E-state index in [2.05, 4.69) is 22.3 Å². The molecule has 7 heteroatoms. The van der Waals surface area contributed by atoms with Gasteiger partial charge in [0.1, 0.15) is 0 Å². The van der Waals surface area contributed by atoms with Gasteiger partial charge in [0.2, 0.25) is 5.91 Å². The predicted molar refractivity (Wildman–Crippen MR) is 110 cm³/mol. The maximum absolute atomic E-state index is 12.2. The molecule has 150 valence electrons. The van der Waals surface area contributed by atoms with E-state index < -0.39 is 0 Å². The molecule has 1 aliphatic heterocycles. The summed E-state index contributed by atoms with van der Waals surface area (Å²) in [7, 11) is 1.63. The second-order valence-corrected chi connectivity index (χ2v) is 8.19. The van der Waals surface area contributed by atoms with Crippen LogP contribution in [0.5, 0.6) is 0 Å². The number of nitrogens with zero attached hydrogens (tertiary/aromatic N) is 2. The van der Waals surface area contributed by atoms with Crippen LogP contribution < -0.4 is 5.32 Å². The highest BCUT2D eigenvalue weighted by Crippen LogP contribution is 2.14. The molecule has 2 amide bonds. The summed E-state index contributed by atoms with van der Waals surface area (Å²) in [6, 6.07) is 11.8. The highest BCUT2D eigenvalue weighted by Gasteiger charge is 2.17. The van der Waals surface area contributed by atoms with Crippen LogP contribution in [0.3, 0.4) is 0 Å². The third-order valence-corrected chi connectivity index (χ3v) is 5.79. The van der Waals surface area contributed by atoms with E-state index in [1.54, 1.807) is 13.1 Å². The minimum Gasteiger partial charge on any atom is -0.393 e. The molecule has 1 aromatic heterocycles. The fraction of sp³-hybridized carbons (Fsp3) is 0.429. The Labute approximate surface area is 169 Å². The second-order valence-electron chi connectivity index (χ2n) is 7.24. The van der Waals surface area contributed by atoms with E-state index in [1.165, 1.54) is 21.8 Å². The monoisotopic (exact) mass is 401 g/mol. The van der Waals surface area contributed by atoms with Gasteiger partial charge in [-0.25, -0.2) is 0 Å². The van der Waals surface area contributed by atoms with Crippen LogP contribution in [0, 0.1) is 0 Å². The number of amides is 2. The normalized spacial score (nSPS) is 15.4. The largest absolute Gasteiger partial charge is 0.393 e. The fourth-order valence-corrected chi connectivity index (χ4v) is 3.95. The van der Waals surface area contributed by atoms with E-state index >= 15 is 0 Å². The zero-order valence-electron chi connectivity index (χ0n) is 16.1. The van der Waals surface area contributed by atoms with E-state index in [0.29, 0.717) is 11.4 Å². The molecular weight excluding hydrogens is 374 g/mol. The van der Waals surface area contributed by atoms with Gasteiger partial charge in [-0.05, 0) is 35.4 Å². The standard InChI is InChI=1S/C21H27N3O3S/c1-23(21(27)19-3-2-12-28-19)15-20(26)22-13-16-4-6-17(7-5-16)14-24-10-8-18(25)9-11-24/h2-7,12,18,25H,8-11,13-15H2,1H3,(H,22,26). The van der Waals surface area contributed by atoms with Crippen LogP contribution in [0.1, 0.15) is 33.6 Å². The minimum atomic E-state index is -0.177. The molecule has 0 bridgehead atoms. The van der Waals surface area contributed by atoms with E-state index in [9.17, 15) is 14.7 Å². The molecule has 2 heterocycles. The van der Waals surface area contributed by atoms with Crippen molar-refractivity contribution in [2.45, 2.75) is 32.0 Å². The predicted octanol–water partition coefficient (Wildman–Crippen LogP) is 2.09. The summed E-state index contributed by atoms with van der Waals surface area (Å²) >= 11 is 1.37. The van der Waals surface area contributed by atoms with Gasteiger partial charge in [-0.1, -0.05) is 30.3 Å². The molecule has 0 atom stereocenters. The molecule has 2 aromatic rings. The Morgan fingerprint density at radius 3 is 2.50 bits per heavy atom. The number of rotatable bonds is 7. The first-order chi connectivity index (χ1) is 13.5. The SMILES string of the molecule is CN(CC(=O)NCc1ccc(CN2CCC(O)CC2)cc1)C(=O)c1cccs1. The van der Waals surface area contributed by atoms with Crippen molar-refractivity contribution < 1.29 is 14.7 Å². The van der Waals surface area contributed by atoms with Gasteiger partial charge in [0.15, 0.2) is 0 Å². The third-order valence-electron chi connectivity index (χ3n) is 4.94. The first-order valence-electron chi connectivity index (χ1n) is 9.55. The molecule has 0 aliphatic carbocycles. The first-order valence-corrected chi connectivity index (χ1v) is 10.4. The van der Waals surface area contributed by atoms with Crippen LogP contribution in [0.15, 0.2) is 41.8 Å². The number of piperidine rings is 1. The van der Waals surface area contributed by atoms with E-state index in [1.807, 2.05) is 23.6 Å². The molecule has 0 radical (unpaired) electrons. The lowest BCUT2D eigenvalue weighted by Gasteiger charge is -2.29. The number of nitrogens with one attached hydrogen (secondary N) is 1. The summed E-state index contributed by atoms with van der Waals surface area (Å²) < 4.78 is 0. The van der Waals surface area contributed by atoms with Gasteiger partial charge in [-0.2, -0.15) is 0 Å². The van der Waals surface area contributed by atoms with Crippen LogP contribution in [-0.4, -0.2) is 59.5 Å². The molecule has 1 saturated heterocycles. The Balaban J connectivity index is 1.41. The number of hydrogen-bond donors (Lipinski definition) is 2. The maximum atomic E-state index is 12.2. The maximum Gasteiger partial charge on any atom is 0.264 e. The molecule has 0 saturated carbocycles. The van der Waals surface area contributed by atoms with Gasteiger partial charge in [-0.3, -0.25) is 14.5 Å². The van der Waals surface area contributed by atoms with Crippen LogP contribution in [0.2, 0.25) is 0 Å². The lowest BCUT2D eigenvalue weighted by Crippen LogP contribution is -2.37. The molecule has 0 spiro atoms. The van der Waals surface area contributed by atoms with Crippen molar-refractivity contribution >= 4 is 23.2 Å². The minimum absolute atomic E-state index is 0.0373. The topological polar surface area (TPSA) is 72.9 Å². The van der Waals surface area contributed by atoms with Crippen LogP contribution in [0.25, 0.3) is 0 Å². The van der Waals surface area contributed by atoms with Gasteiger partial charge in [-0.15, -0.1) is 11.3 Å². The molecule has 1 fully saturated rings. The van der Waals surface area contributed by atoms with E-state index in [0.717, 1.165) is 38.0 Å². The Morgan fingerprint density at radius 2 is 1.86 bits per heavy atom. The highest BCUT2D eigenvalue weighted by atomic mass is 32.1. The van der Waals surface area contributed by atoms with Gasteiger partial charge in [0.25, 0.3) is 5.91 Å². The molecule has 2 N–H and O–H groups in total. The number of likely N-dealkylation sites (N-methyl/N-ethyl adjacent to an activating group) is 1. The van der Waals surface area contributed by atoms with Gasteiger partial charge in [0, 0.05) is 33.2 Å². The molecule has 28 heavy (non-hydrogen) atoms. The van der Waals surface area contributed by atoms with E-state index in [4.69, 9.17) is 0 Å². The van der Waals surface area contributed by atoms with Gasteiger partial charge >= 0.3 is 0 Å². The number of likely N-dealkylation sites (tertiary alicyclic amines) is 1. The quantitative estimate of drug-likeness (QED) is 0.745. The Morgan fingerprint density at radius 1 is 1.18 bits per heavy atom. The highest BCUT2D eigenvalue weighted by molar-refractivity contribution is 7.12. The van der Waals surface area contributed by atoms with Crippen molar-refractivity contribution in [1.82, 2.24) is 15.1 Å². The van der Waals surface area contributed by atoms with Crippen LogP contribution in [0.4, 0.5) is 0 Å². The van der Waals surface area contributed by atoms with Crippen molar-refractivity contribution in [1.29, 1.82) is 0 Å². The average Bonchev–Trinajstić information content (AvgIpc) is 3.23. The van der Waals surface area contributed by atoms with E-state index in [-0.39, 0.29) is 24.5 Å². The number of hydrogen-bond acceptors (Lipinski definition) is 5. The number of benzene rings is 1. The number of thiophene rings is 1. The zero-order valence-corrected chi connectivity index (χ0v) is 17.0. The van der Waals surface area contributed by atoms with Crippen LogP contribution >= 0.6 is 11.3 Å². The lowest BCUT2D eigenvalue weighted by molar-refractivity contribution is -0.121. The Kier molecular flexibility index (Phi) is 7.19. The summed E-state index contributed by atoms with van der Waals surface area (Å²) in [6.07, 6.45) is 1.53. The number of aliphatic hydroxyl groups is 1. The molecule has 6 nitrogen and oxygen atoms in total. The summed E-state index contributed by atoms with van der Waals surface area (Å²) in [6.45, 7) is 3.22. The molecule has 3 rings (SSSR count). The summed E-state index contributed by atoms with van der Waals surface area (Å²) in [5, 5.41) is 14.3. The van der Waals surface area contributed by atoms with Crippen molar-refractivity contribution in [3.8, 4) is 0 Å². The number of carbonyl (C=O) groups excluding carboxylic acids is 2. The van der Waals surface area contributed by atoms with Gasteiger partial charge < -0.3 is 15.3 Å². The summed E-state index contributed by atoms with van der Waals surface area (Å²) in [4.78, 5) is 28.7. The number of carbonyl (C=O) groups is 2.